The molecule has 3 amide bonds. The third-order valence-electron chi connectivity index (χ3n) is 4.61. The summed E-state index contributed by atoms with van der Waals surface area (Å²) in [4.78, 5) is 27.8. The monoisotopic (exact) mass is 266 g/mol. The maximum Gasteiger partial charge on any atom is 0.317 e. The van der Waals surface area contributed by atoms with E-state index < -0.39 is 0 Å². The van der Waals surface area contributed by atoms with Crippen LogP contribution in [0.2, 0.25) is 0 Å². The van der Waals surface area contributed by atoms with Crippen LogP contribution in [0.4, 0.5) is 4.79 Å². The van der Waals surface area contributed by atoms with Gasteiger partial charge in [0.15, 0.2) is 0 Å². The minimum atomic E-state index is 0.0109. The molecule has 6 nitrogen and oxygen atoms in total. The lowest BCUT2D eigenvalue weighted by molar-refractivity contribution is -0.138. The van der Waals surface area contributed by atoms with E-state index in [9.17, 15) is 9.59 Å². The molecule has 0 bridgehead atoms. The molecule has 0 aromatic heterocycles. The zero-order chi connectivity index (χ0) is 13.4. The Morgan fingerprint density at radius 1 is 1.32 bits per heavy atom. The lowest BCUT2D eigenvalue weighted by Gasteiger charge is -2.39. The highest BCUT2D eigenvalue weighted by atomic mass is 16.2. The fourth-order valence-electron chi connectivity index (χ4n) is 3.51. The van der Waals surface area contributed by atoms with Crippen LogP contribution in [0.1, 0.15) is 25.7 Å². The lowest BCUT2D eigenvalue weighted by Crippen LogP contribution is -2.55. The molecule has 0 aromatic carbocycles. The van der Waals surface area contributed by atoms with Gasteiger partial charge in [-0.25, -0.2) is 4.79 Å². The van der Waals surface area contributed by atoms with Gasteiger partial charge in [-0.15, -0.1) is 0 Å². The van der Waals surface area contributed by atoms with Crippen molar-refractivity contribution in [2.45, 2.75) is 37.8 Å². The van der Waals surface area contributed by atoms with E-state index in [4.69, 9.17) is 5.73 Å². The van der Waals surface area contributed by atoms with Gasteiger partial charge in [0.25, 0.3) is 0 Å². The number of urea groups is 1. The molecular weight excluding hydrogens is 244 g/mol. The average molecular weight is 266 g/mol. The number of amides is 3. The maximum absolute atomic E-state index is 12.5. The summed E-state index contributed by atoms with van der Waals surface area (Å²) < 4.78 is 0. The van der Waals surface area contributed by atoms with Crippen molar-refractivity contribution in [3.63, 3.8) is 0 Å². The van der Waals surface area contributed by atoms with Crippen LogP contribution in [0.3, 0.4) is 0 Å². The van der Waals surface area contributed by atoms with Gasteiger partial charge in [0.2, 0.25) is 5.91 Å². The first-order chi connectivity index (χ1) is 9.15. The number of nitrogens with one attached hydrogen (secondary N) is 1. The molecule has 1 aliphatic carbocycles. The Morgan fingerprint density at radius 2 is 2.16 bits per heavy atom. The first-order valence-corrected chi connectivity index (χ1v) is 7.24. The number of fused-ring (bicyclic) bond motifs is 1. The molecule has 3 atom stereocenters. The molecule has 2 saturated heterocycles. The van der Waals surface area contributed by atoms with Gasteiger partial charge in [0, 0.05) is 38.1 Å². The van der Waals surface area contributed by atoms with E-state index in [-0.39, 0.29) is 29.9 Å². The van der Waals surface area contributed by atoms with E-state index in [1.165, 1.54) is 0 Å². The van der Waals surface area contributed by atoms with E-state index >= 15 is 0 Å². The van der Waals surface area contributed by atoms with Crippen LogP contribution in [0.25, 0.3) is 0 Å². The maximum atomic E-state index is 12.5. The summed E-state index contributed by atoms with van der Waals surface area (Å²) in [6.07, 6.45) is 3.88. The summed E-state index contributed by atoms with van der Waals surface area (Å²) in [6.45, 7) is 2.64. The number of piperazine rings is 1. The highest BCUT2D eigenvalue weighted by Gasteiger charge is 2.38. The van der Waals surface area contributed by atoms with Crippen LogP contribution < -0.4 is 11.1 Å². The SMILES string of the molecule is NC1CCCC(C(=O)N2CCN3C(=O)NCC3C2)C1. The van der Waals surface area contributed by atoms with E-state index in [2.05, 4.69) is 5.32 Å². The molecule has 2 aliphatic heterocycles. The first kappa shape index (κ1) is 12.7. The van der Waals surface area contributed by atoms with Crippen LogP contribution in [0.15, 0.2) is 0 Å². The Morgan fingerprint density at radius 3 is 2.95 bits per heavy atom. The summed E-state index contributed by atoms with van der Waals surface area (Å²) in [5, 5.41) is 2.84. The predicted octanol–water partition coefficient (Wildman–Crippen LogP) is -0.260. The molecule has 2 heterocycles. The molecule has 19 heavy (non-hydrogen) atoms. The Balaban J connectivity index is 1.60. The summed E-state index contributed by atoms with van der Waals surface area (Å²) in [5.41, 5.74) is 5.96. The molecule has 1 saturated carbocycles. The molecule has 0 aromatic rings. The zero-order valence-corrected chi connectivity index (χ0v) is 11.2. The van der Waals surface area contributed by atoms with Crippen LogP contribution in [0.5, 0.6) is 0 Å². The molecule has 3 aliphatic rings. The fourth-order valence-corrected chi connectivity index (χ4v) is 3.51. The van der Waals surface area contributed by atoms with Crippen LogP contribution in [-0.4, -0.2) is 60.0 Å². The molecule has 3 N–H and O–H groups in total. The smallest absolute Gasteiger partial charge is 0.317 e. The highest BCUT2D eigenvalue weighted by Crippen LogP contribution is 2.26. The largest absolute Gasteiger partial charge is 0.339 e. The number of carbonyl (C=O) groups excluding carboxylic acids is 2. The van der Waals surface area contributed by atoms with E-state index in [0.717, 1.165) is 25.7 Å². The average Bonchev–Trinajstić information content (AvgIpc) is 2.79. The van der Waals surface area contributed by atoms with Crippen molar-refractivity contribution in [3.8, 4) is 0 Å². The van der Waals surface area contributed by atoms with E-state index in [1.54, 1.807) is 0 Å². The van der Waals surface area contributed by atoms with Crippen molar-refractivity contribution in [1.29, 1.82) is 0 Å². The number of carbonyl (C=O) groups is 2. The van der Waals surface area contributed by atoms with Gasteiger partial charge < -0.3 is 20.9 Å². The second-order valence-electron chi connectivity index (χ2n) is 5.94. The second kappa shape index (κ2) is 5.00. The number of hydrogen-bond donors (Lipinski definition) is 2. The van der Waals surface area contributed by atoms with Crippen LogP contribution in [-0.2, 0) is 4.79 Å². The molecule has 3 fully saturated rings. The van der Waals surface area contributed by atoms with Crippen LogP contribution in [0, 0.1) is 5.92 Å². The minimum absolute atomic E-state index is 0.0109. The molecule has 3 unspecified atom stereocenters. The van der Waals surface area contributed by atoms with Gasteiger partial charge in [0.05, 0.1) is 6.04 Å². The molecule has 0 spiro atoms. The zero-order valence-electron chi connectivity index (χ0n) is 11.2. The number of nitrogens with zero attached hydrogens (tertiary/aromatic N) is 2. The van der Waals surface area contributed by atoms with Gasteiger partial charge in [-0.3, -0.25) is 4.79 Å². The van der Waals surface area contributed by atoms with Crippen molar-refractivity contribution in [3.05, 3.63) is 0 Å². The molecule has 0 radical (unpaired) electrons. The van der Waals surface area contributed by atoms with Crippen molar-refractivity contribution < 1.29 is 9.59 Å². The Labute approximate surface area is 113 Å². The van der Waals surface area contributed by atoms with Gasteiger partial charge >= 0.3 is 6.03 Å². The molecule has 6 heteroatoms. The third kappa shape index (κ3) is 2.41. The van der Waals surface area contributed by atoms with Crippen molar-refractivity contribution in [1.82, 2.24) is 15.1 Å². The summed E-state index contributed by atoms with van der Waals surface area (Å²) in [5.74, 6) is 0.342. The highest BCUT2D eigenvalue weighted by molar-refractivity contribution is 5.81. The van der Waals surface area contributed by atoms with Gasteiger partial charge in [-0.2, -0.15) is 0 Å². The number of hydrogen-bond acceptors (Lipinski definition) is 3. The summed E-state index contributed by atoms with van der Waals surface area (Å²) >= 11 is 0. The standard InChI is InChI=1S/C13H22N4O2/c14-10-3-1-2-9(6-10)12(18)16-4-5-17-11(8-16)7-15-13(17)19/h9-11H,1-8,14H2,(H,15,19). The van der Waals surface area contributed by atoms with E-state index in [0.29, 0.717) is 26.2 Å². The summed E-state index contributed by atoms with van der Waals surface area (Å²) in [6, 6.07) is 0.345. The Hall–Kier alpha value is -1.30. The Kier molecular flexibility index (Phi) is 3.35. The predicted molar refractivity (Wildman–Crippen MR) is 70.4 cm³/mol. The summed E-state index contributed by atoms with van der Waals surface area (Å²) in [7, 11) is 0. The van der Waals surface area contributed by atoms with Crippen molar-refractivity contribution in [2.24, 2.45) is 11.7 Å². The normalized spacial score (nSPS) is 35.0. The van der Waals surface area contributed by atoms with Crippen LogP contribution >= 0.6 is 0 Å². The second-order valence-corrected chi connectivity index (χ2v) is 5.94. The third-order valence-corrected chi connectivity index (χ3v) is 4.61. The topological polar surface area (TPSA) is 78.7 Å². The van der Waals surface area contributed by atoms with Gasteiger partial charge in [-0.05, 0) is 19.3 Å². The van der Waals surface area contributed by atoms with Crippen molar-refractivity contribution in [2.75, 3.05) is 26.2 Å². The first-order valence-electron chi connectivity index (χ1n) is 7.24. The lowest BCUT2D eigenvalue weighted by atomic mass is 9.85. The van der Waals surface area contributed by atoms with Gasteiger partial charge in [0.1, 0.15) is 0 Å². The molecular formula is C13H22N4O2. The Bertz CT molecular complexity index is 387. The fraction of sp³-hybridized carbons (Fsp3) is 0.846. The number of rotatable bonds is 1. The molecule has 3 rings (SSSR count). The van der Waals surface area contributed by atoms with E-state index in [1.807, 2.05) is 9.80 Å². The quantitative estimate of drug-likeness (QED) is 0.686. The molecule has 106 valence electrons. The van der Waals surface area contributed by atoms with Gasteiger partial charge in [-0.1, -0.05) is 6.42 Å². The number of nitrogens with two attached hydrogens (primary N) is 1. The minimum Gasteiger partial charge on any atom is -0.339 e. The van der Waals surface area contributed by atoms with Crippen molar-refractivity contribution >= 4 is 11.9 Å².